The molecule has 2 rings (SSSR count). The van der Waals surface area contributed by atoms with Crippen molar-refractivity contribution < 1.29 is 19.1 Å². The summed E-state index contributed by atoms with van der Waals surface area (Å²) in [5, 5.41) is 12.0. The number of rotatable bonds is 11. The molecule has 6 heteroatoms. The molecule has 0 unspecified atom stereocenters. The summed E-state index contributed by atoms with van der Waals surface area (Å²) in [5.74, 6) is 0.502. The van der Waals surface area contributed by atoms with Crippen LogP contribution in [-0.2, 0) is 9.59 Å². The molecule has 0 aliphatic heterocycles. The average Bonchev–Trinajstić information content (AvgIpc) is 2.77. The molecule has 0 aromatic heterocycles. The molecular weight excluding hydrogens is 404 g/mol. The Bertz CT molecular complexity index is 988. The monoisotopic (exact) mass is 434 g/mol. The van der Waals surface area contributed by atoms with E-state index in [9.17, 15) is 14.9 Å². The SMILES string of the molecule is CCCCNC(=O)/C(C#N)=C/c1ccc(OC(=O)CCCOc2ccc(C)cc2C)cc1. The summed E-state index contributed by atoms with van der Waals surface area (Å²) in [5.41, 5.74) is 2.96. The fourth-order valence-corrected chi connectivity index (χ4v) is 2.96. The van der Waals surface area contributed by atoms with Crippen LogP contribution >= 0.6 is 0 Å². The molecule has 0 atom stereocenters. The quantitative estimate of drug-likeness (QED) is 0.179. The Morgan fingerprint density at radius 1 is 1.09 bits per heavy atom. The number of ether oxygens (including phenoxy) is 2. The van der Waals surface area contributed by atoms with Crippen LogP contribution in [-0.4, -0.2) is 25.0 Å². The summed E-state index contributed by atoms with van der Waals surface area (Å²) in [6.45, 7) is 7.03. The first-order valence-corrected chi connectivity index (χ1v) is 10.8. The number of carbonyl (C=O) groups is 2. The number of benzene rings is 2. The lowest BCUT2D eigenvalue weighted by atomic mass is 10.1. The van der Waals surface area contributed by atoms with Crippen LogP contribution in [0.2, 0.25) is 0 Å². The van der Waals surface area contributed by atoms with Gasteiger partial charge in [-0.3, -0.25) is 9.59 Å². The van der Waals surface area contributed by atoms with E-state index in [1.54, 1.807) is 24.3 Å². The molecule has 0 spiro atoms. The molecule has 1 amide bonds. The van der Waals surface area contributed by atoms with Crippen molar-refractivity contribution in [2.75, 3.05) is 13.2 Å². The van der Waals surface area contributed by atoms with Crippen molar-refractivity contribution in [1.29, 1.82) is 5.26 Å². The molecule has 0 aliphatic rings. The van der Waals surface area contributed by atoms with E-state index in [1.807, 2.05) is 39.0 Å². The Hall–Kier alpha value is -3.59. The lowest BCUT2D eigenvalue weighted by molar-refractivity contribution is -0.134. The summed E-state index contributed by atoms with van der Waals surface area (Å²) >= 11 is 0. The minimum atomic E-state index is -0.389. The van der Waals surface area contributed by atoms with Gasteiger partial charge in [0.2, 0.25) is 0 Å². The Balaban J connectivity index is 1.80. The highest BCUT2D eigenvalue weighted by molar-refractivity contribution is 6.01. The third kappa shape index (κ3) is 8.27. The van der Waals surface area contributed by atoms with Gasteiger partial charge in [0.25, 0.3) is 5.91 Å². The number of amides is 1. The summed E-state index contributed by atoms with van der Waals surface area (Å²) in [6.07, 6.45) is 4.12. The van der Waals surface area contributed by atoms with Crippen LogP contribution in [0.25, 0.3) is 6.08 Å². The normalized spacial score (nSPS) is 10.9. The number of hydrogen-bond donors (Lipinski definition) is 1. The molecule has 0 heterocycles. The molecule has 0 saturated heterocycles. The second-order valence-corrected chi connectivity index (χ2v) is 7.54. The Kier molecular flexibility index (Phi) is 9.99. The second-order valence-electron chi connectivity index (χ2n) is 7.54. The van der Waals surface area contributed by atoms with Gasteiger partial charge in [-0.1, -0.05) is 43.2 Å². The van der Waals surface area contributed by atoms with E-state index in [4.69, 9.17) is 9.47 Å². The van der Waals surface area contributed by atoms with Crippen LogP contribution in [0.1, 0.15) is 49.3 Å². The fraction of sp³-hybridized carbons (Fsp3) is 0.346. The lowest BCUT2D eigenvalue weighted by Crippen LogP contribution is -2.25. The highest BCUT2D eigenvalue weighted by atomic mass is 16.5. The summed E-state index contributed by atoms with van der Waals surface area (Å²) in [7, 11) is 0. The van der Waals surface area contributed by atoms with Gasteiger partial charge < -0.3 is 14.8 Å². The fourth-order valence-electron chi connectivity index (χ4n) is 2.96. The van der Waals surface area contributed by atoms with Crippen molar-refractivity contribution in [3.63, 3.8) is 0 Å². The van der Waals surface area contributed by atoms with E-state index in [1.165, 1.54) is 11.6 Å². The van der Waals surface area contributed by atoms with Crippen LogP contribution < -0.4 is 14.8 Å². The van der Waals surface area contributed by atoms with Crippen LogP contribution in [0.4, 0.5) is 0 Å². The van der Waals surface area contributed by atoms with Gasteiger partial charge in [-0.25, -0.2) is 0 Å². The molecule has 2 aromatic rings. The van der Waals surface area contributed by atoms with Crippen LogP contribution in [0.3, 0.4) is 0 Å². The van der Waals surface area contributed by atoms with Gasteiger partial charge in [-0.15, -0.1) is 0 Å². The predicted molar refractivity (Wildman–Crippen MR) is 124 cm³/mol. The zero-order valence-corrected chi connectivity index (χ0v) is 18.9. The minimum Gasteiger partial charge on any atom is -0.493 e. The number of nitrogens with one attached hydrogen (secondary N) is 1. The van der Waals surface area contributed by atoms with Crippen molar-refractivity contribution >= 4 is 18.0 Å². The molecule has 0 radical (unpaired) electrons. The van der Waals surface area contributed by atoms with Crippen molar-refractivity contribution in [2.45, 2.75) is 46.5 Å². The highest BCUT2D eigenvalue weighted by Gasteiger charge is 2.09. The largest absolute Gasteiger partial charge is 0.493 e. The Labute approximate surface area is 189 Å². The van der Waals surface area contributed by atoms with E-state index in [0.29, 0.717) is 30.9 Å². The number of hydrogen-bond acceptors (Lipinski definition) is 5. The number of nitrogens with zero attached hydrogens (tertiary/aromatic N) is 1. The number of aryl methyl sites for hydroxylation is 2. The van der Waals surface area contributed by atoms with Gasteiger partial charge in [0.05, 0.1) is 6.61 Å². The van der Waals surface area contributed by atoms with Gasteiger partial charge in [0.15, 0.2) is 0 Å². The van der Waals surface area contributed by atoms with Gasteiger partial charge in [-0.2, -0.15) is 5.26 Å². The van der Waals surface area contributed by atoms with Gasteiger partial charge in [0, 0.05) is 13.0 Å². The number of unbranched alkanes of at least 4 members (excludes halogenated alkanes) is 1. The Morgan fingerprint density at radius 3 is 2.50 bits per heavy atom. The zero-order chi connectivity index (χ0) is 23.3. The van der Waals surface area contributed by atoms with Gasteiger partial charge in [-0.05, 0) is 62.1 Å². The van der Waals surface area contributed by atoms with Crippen LogP contribution in [0.5, 0.6) is 11.5 Å². The van der Waals surface area contributed by atoms with Crippen molar-refractivity contribution in [1.82, 2.24) is 5.32 Å². The first-order valence-electron chi connectivity index (χ1n) is 10.8. The van der Waals surface area contributed by atoms with Crippen molar-refractivity contribution in [2.24, 2.45) is 0 Å². The first-order chi connectivity index (χ1) is 15.4. The first kappa shape index (κ1) is 24.7. The van der Waals surface area contributed by atoms with Crippen LogP contribution in [0.15, 0.2) is 48.0 Å². The number of nitriles is 1. The predicted octanol–water partition coefficient (Wildman–Crippen LogP) is 4.89. The molecule has 32 heavy (non-hydrogen) atoms. The molecule has 1 N–H and O–H groups in total. The van der Waals surface area contributed by atoms with Gasteiger partial charge >= 0.3 is 5.97 Å². The molecule has 168 valence electrons. The number of carbonyl (C=O) groups excluding carboxylic acids is 2. The molecule has 0 bridgehead atoms. The van der Waals surface area contributed by atoms with Gasteiger partial charge in [0.1, 0.15) is 23.1 Å². The second kappa shape index (κ2) is 13.0. The van der Waals surface area contributed by atoms with E-state index >= 15 is 0 Å². The van der Waals surface area contributed by atoms with E-state index in [0.717, 1.165) is 24.2 Å². The maximum atomic E-state index is 12.1. The molecule has 0 aliphatic carbocycles. The summed E-state index contributed by atoms with van der Waals surface area (Å²) in [4.78, 5) is 24.1. The third-order valence-corrected chi connectivity index (χ3v) is 4.72. The van der Waals surface area contributed by atoms with Crippen molar-refractivity contribution in [3.8, 4) is 17.6 Å². The molecule has 0 fully saturated rings. The lowest BCUT2D eigenvalue weighted by Gasteiger charge is -2.09. The van der Waals surface area contributed by atoms with Crippen molar-refractivity contribution in [3.05, 3.63) is 64.7 Å². The minimum absolute atomic E-state index is 0.0367. The van der Waals surface area contributed by atoms with Crippen LogP contribution in [0, 0.1) is 25.2 Å². The molecule has 2 aromatic carbocycles. The average molecular weight is 435 g/mol. The highest BCUT2D eigenvalue weighted by Crippen LogP contribution is 2.19. The molecule has 6 nitrogen and oxygen atoms in total. The summed E-state index contributed by atoms with van der Waals surface area (Å²) in [6, 6.07) is 14.6. The smallest absolute Gasteiger partial charge is 0.311 e. The standard InChI is InChI=1S/C26H30N2O4/c1-4-5-14-28-26(30)22(18-27)17-21-9-11-23(12-10-21)32-25(29)7-6-15-31-24-13-8-19(2)16-20(24)3/h8-13,16-17H,4-7,14-15H2,1-3H3,(H,28,30)/b22-17+. The summed E-state index contributed by atoms with van der Waals surface area (Å²) < 4.78 is 11.1. The van der Waals surface area contributed by atoms with E-state index in [2.05, 4.69) is 11.4 Å². The molecular formula is C26H30N2O4. The Morgan fingerprint density at radius 2 is 1.84 bits per heavy atom. The topological polar surface area (TPSA) is 88.4 Å². The molecule has 0 saturated carbocycles. The number of esters is 1. The van der Waals surface area contributed by atoms with E-state index in [-0.39, 0.29) is 23.9 Å². The zero-order valence-electron chi connectivity index (χ0n) is 18.9. The van der Waals surface area contributed by atoms with E-state index < -0.39 is 0 Å². The third-order valence-electron chi connectivity index (χ3n) is 4.72. The maximum absolute atomic E-state index is 12.1. The maximum Gasteiger partial charge on any atom is 0.311 e.